The van der Waals surface area contributed by atoms with E-state index in [9.17, 15) is 0 Å². The molecule has 4 nitrogen and oxygen atoms in total. The van der Waals surface area contributed by atoms with Crippen LogP contribution in [-0.4, -0.2) is 28.3 Å². The van der Waals surface area contributed by atoms with E-state index in [-0.39, 0.29) is 11.2 Å². The molecule has 1 saturated heterocycles. The van der Waals surface area contributed by atoms with E-state index in [2.05, 4.69) is 16.0 Å². The first-order chi connectivity index (χ1) is 10.9. The molecule has 116 valence electrons. The molecule has 0 unspecified atom stereocenters. The predicted octanol–water partition coefficient (Wildman–Crippen LogP) is 3.08. The Bertz CT molecular complexity index is 892. The fourth-order valence-corrected chi connectivity index (χ4v) is 2.85. The number of hydrogen-bond donors (Lipinski definition) is 0. The van der Waals surface area contributed by atoms with Crippen molar-refractivity contribution in [2.45, 2.75) is 38.9 Å². The van der Waals surface area contributed by atoms with Gasteiger partial charge in [0.05, 0.1) is 22.2 Å². The van der Waals surface area contributed by atoms with Crippen molar-refractivity contribution in [1.82, 2.24) is 9.97 Å². The van der Waals surface area contributed by atoms with E-state index in [0.717, 1.165) is 27.3 Å². The highest BCUT2D eigenvalue weighted by Crippen LogP contribution is 2.36. The van der Waals surface area contributed by atoms with Crippen LogP contribution in [0, 0.1) is 0 Å². The number of hydrogen-bond acceptors (Lipinski definition) is 4. The first kappa shape index (κ1) is 14.6. The average Bonchev–Trinajstić information content (AvgIpc) is 2.75. The van der Waals surface area contributed by atoms with Gasteiger partial charge in [-0.3, -0.25) is 9.97 Å². The fraction of sp³-hybridized carbons (Fsp3) is 0.333. The van der Waals surface area contributed by atoms with Gasteiger partial charge in [-0.2, -0.15) is 0 Å². The largest absolute Gasteiger partial charge is 0.496 e. The van der Waals surface area contributed by atoms with Crippen LogP contribution < -0.4 is 5.46 Å². The Labute approximate surface area is 136 Å². The topological polar surface area (TPSA) is 44.2 Å². The predicted molar refractivity (Wildman–Crippen MR) is 92.8 cm³/mol. The van der Waals surface area contributed by atoms with Crippen LogP contribution in [-0.2, 0) is 9.31 Å². The van der Waals surface area contributed by atoms with Crippen LogP contribution in [0.15, 0.2) is 42.7 Å². The molecule has 0 amide bonds. The van der Waals surface area contributed by atoms with Gasteiger partial charge in [0, 0.05) is 28.6 Å². The minimum atomic E-state index is -0.412. The molecule has 0 bridgehead atoms. The van der Waals surface area contributed by atoms with Crippen LogP contribution in [0.4, 0.5) is 0 Å². The Balaban J connectivity index is 1.80. The Morgan fingerprint density at radius 3 is 2.35 bits per heavy atom. The molecule has 1 fully saturated rings. The van der Waals surface area contributed by atoms with Crippen molar-refractivity contribution in [1.29, 1.82) is 0 Å². The van der Waals surface area contributed by atoms with E-state index >= 15 is 0 Å². The van der Waals surface area contributed by atoms with Crippen molar-refractivity contribution in [3.8, 4) is 0 Å². The number of pyridine rings is 2. The lowest BCUT2D eigenvalue weighted by molar-refractivity contribution is 0.00578. The zero-order valence-electron chi connectivity index (χ0n) is 13.8. The number of nitrogens with zero attached hydrogens (tertiary/aromatic N) is 2. The highest BCUT2D eigenvalue weighted by atomic mass is 16.7. The molecule has 4 rings (SSSR count). The highest BCUT2D eigenvalue weighted by Gasteiger charge is 2.51. The molecule has 3 heterocycles. The van der Waals surface area contributed by atoms with Crippen molar-refractivity contribution < 1.29 is 9.31 Å². The lowest BCUT2D eigenvalue weighted by Crippen LogP contribution is -2.41. The van der Waals surface area contributed by atoms with E-state index in [1.807, 2.05) is 64.4 Å². The third-order valence-electron chi connectivity index (χ3n) is 4.97. The maximum absolute atomic E-state index is 6.10. The minimum absolute atomic E-state index is 0.358. The summed E-state index contributed by atoms with van der Waals surface area (Å²) in [7, 11) is -0.412. The summed E-state index contributed by atoms with van der Waals surface area (Å²) in [5, 5.41) is 2.20. The summed E-state index contributed by atoms with van der Waals surface area (Å²) in [5.74, 6) is 0. The third kappa shape index (κ3) is 2.23. The highest BCUT2D eigenvalue weighted by molar-refractivity contribution is 6.62. The van der Waals surface area contributed by atoms with Crippen LogP contribution in [0.5, 0.6) is 0 Å². The van der Waals surface area contributed by atoms with Gasteiger partial charge >= 0.3 is 7.12 Å². The number of benzene rings is 1. The van der Waals surface area contributed by atoms with Gasteiger partial charge in [0.15, 0.2) is 0 Å². The molecule has 5 heteroatoms. The number of aromatic nitrogens is 2. The normalized spacial score (nSPS) is 19.6. The van der Waals surface area contributed by atoms with E-state index < -0.39 is 7.12 Å². The lowest BCUT2D eigenvalue weighted by Gasteiger charge is -2.32. The standard InChI is InChI=1S/C18H19BN2O2/c1-17(2)18(3,4)23-19(22-17)13-9-15-16(21-11-13)14-8-6-5-7-12(14)10-20-15/h5-11H,1-4H3. The molecule has 0 saturated carbocycles. The molecule has 1 aliphatic heterocycles. The first-order valence-electron chi connectivity index (χ1n) is 7.86. The van der Waals surface area contributed by atoms with Crippen molar-refractivity contribution in [3.05, 3.63) is 42.7 Å². The Morgan fingerprint density at radius 1 is 0.913 bits per heavy atom. The van der Waals surface area contributed by atoms with E-state index in [1.54, 1.807) is 0 Å². The zero-order valence-corrected chi connectivity index (χ0v) is 13.8. The van der Waals surface area contributed by atoms with Gasteiger partial charge in [0.1, 0.15) is 0 Å². The Morgan fingerprint density at radius 2 is 1.61 bits per heavy atom. The van der Waals surface area contributed by atoms with Gasteiger partial charge in [0.25, 0.3) is 0 Å². The maximum atomic E-state index is 6.10. The zero-order chi connectivity index (χ0) is 16.2. The van der Waals surface area contributed by atoms with E-state index in [4.69, 9.17) is 9.31 Å². The van der Waals surface area contributed by atoms with E-state index in [1.165, 1.54) is 0 Å². The molecule has 0 atom stereocenters. The van der Waals surface area contributed by atoms with Gasteiger partial charge in [-0.05, 0) is 33.8 Å². The van der Waals surface area contributed by atoms with Crippen LogP contribution in [0.3, 0.4) is 0 Å². The number of fused-ring (bicyclic) bond motifs is 3. The average molecular weight is 306 g/mol. The van der Waals surface area contributed by atoms with Crippen LogP contribution >= 0.6 is 0 Å². The molecule has 1 aliphatic rings. The van der Waals surface area contributed by atoms with Gasteiger partial charge in [-0.1, -0.05) is 24.3 Å². The molecule has 1 aromatic carbocycles. The summed E-state index contributed by atoms with van der Waals surface area (Å²) in [6.07, 6.45) is 3.71. The van der Waals surface area contributed by atoms with Crippen LogP contribution in [0.1, 0.15) is 27.7 Å². The van der Waals surface area contributed by atoms with Gasteiger partial charge in [0.2, 0.25) is 0 Å². The van der Waals surface area contributed by atoms with Crippen molar-refractivity contribution in [2.75, 3.05) is 0 Å². The molecular formula is C18H19BN2O2. The molecular weight excluding hydrogens is 287 g/mol. The summed E-state index contributed by atoms with van der Waals surface area (Å²) in [6, 6.07) is 10.2. The molecule has 3 aromatic rings. The smallest absolute Gasteiger partial charge is 0.399 e. The van der Waals surface area contributed by atoms with Gasteiger partial charge < -0.3 is 9.31 Å². The summed E-state index contributed by atoms with van der Waals surface area (Å²) < 4.78 is 12.2. The Hall–Kier alpha value is -1.98. The number of rotatable bonds is 1. The van der Waals surface area contributed by atoms with Crippen molar-refractivity contribution in [2.24, 2.45) is 0 Å². The first-order valence-corrected chi connectivity index (χ1v) is 7.86. The van der Waals surface area contributed by atoms with Crippen molar-refractivity contribution >= 4 is 34.4 Å². The quantitative estimate of drug-likeness (QED) is 0.512. The van der Waals surface area contributed by atoms with E-state index in [0.29, 0.717) is 0 Å². The molecule has 2 aromatic heterocycles. The second kappa shape index (κ2) is 4.76. The second-order valence-electron chi connectivity index (χ2n) is 7.07. The molecule has 0 N–H and O–H groups in total. The lowest BCUT2D eigenvalue weighted by atomic mass is 9.80. The SMILES string of the molecule is CC1(C)OB(c2cnc3c(c2)ncc2ccccc23)OC1(C)C. The minimum Gasteiger partial charge on any atom is -0.399 e. The maximum Gasteiger partial charge on any atom is 0.496 e. The summed E-state index contributed by atoms with van der Waals surface area (Å²) in [6.45, 7) is 8.20. The third-order valence-corrected chi connectivity index (χ3v) is 4.97. The molecule has 0 spiro atoms. The van der Waals surface area contributed by atoms with Crippen molar-refractivity contribution in [3.63, 3.8) is 0 Å². The summed E-state index contributed by atoms with van der Waals surface area (Å²) >= 11 is 0. The molecule has 0 aliphatic carbocycles. The molecule has 23 heavy (non-hydrogen) atoms. The van der Waals surface area contributed by atoms with Crippen LogP contribution in [0.2, 0.25) is 0 Å². The monoisotopic (exact) mass is 306 g/mol. The fourth-order valence-electron chi connectivity index (χ4n) is 2.85. The molecule has 0 radical (unpaired) electrons. The van der Waals surface area contributed by atoms with Crippen LogP contribution in [0.25, 0.3) is 21.8 Å². The summed E-state index contributed by atoms with van der Waals surface area (Å²) in [4.78, 5) is 9.17. The van der Waals surface area contributed by atoms with Gasteiger partial charge in [-0.15, -0.1) is 0 Å². The Kier molecular flexibility index (Phi) is 3.02. The van der Waals surface area contributed by atoms with Gasteiger partial charge in [-0.25, -0.2) is 0 Å². The summed E-state index contributed by atoms with van der Waals surface area (Å²) in [5.41, 5.74) is 1.95. The second-order valence-corrected chi connectivity index (χ2v) is 7.07.